The van der Waals surface area contributed by atoms with Gasteiger partial charge < -0.3 is 0 Å². The first-order chi connectivity index (χ1) is 13.3. The van der Waals surface area contributed by atoms with Crippen molar-refractivity contribution >= 4 is 45.5 Å². The highest BCUT2D eigenvalue weighted by atomic mass is 32.2. The van der Waals surface area contributed by atoms with Crippen molar-refractivity contribution in [2.24, 2.45) is 0 Å². The summed E-state index contributed by atoms with van der Waals surface area (Å²) in [5.41, 5.74) is 3.93. The number of thioether (sulfide) groups is 1. The third-order valence-corrected chi connectivity index (χ3v) is 6.56. The van der Waals surface area contributed by atoms with Gasteiger partial charge in [0.2, 0.25) is 0 Å². The number of anilines is 1. The van der Waals surface area contributed by atoms with E-state index in [1.165, 1.54) is 11.3 Å². The summed E-state index contributed by atoms with van der Waals surface area (Å²) >= 11 is 4.76. The molecule has 7 heteroatoms. The predicted octanol–water partition coefficient (Wildman–Crippen LogP) is 5.81. The molecule has 0 radical (unpaired) electrons. The number of nitrogens with zero attached hydrogens (tertiary/aromatic N) is 2. The molecular formula is C20H15N3OS3. The average Bonchev–Trinajstić information content (AvgIpc) is 3.39. The van der Waals surface area contributed by atoms with E-state index >= 15 is 0 Å². The van der Waals surface area contributed by atoms with Crippen LogP contribution in [0, 0.1) is 0 Å². The van der Waals surface area contributed by atoms with E-state index in [-0.39, 0.29) is 5.91 Å². The molecular weight excluding hydrogens is 394 g/mol. The lowest BCUT2D eigenvalue weighted by Crippen LogP contribution is -2.11. The molecule has 0 atom stereocenters. The van der Waals surface area contributed by atoms with Crippen LogP contribution in [0.15, 0.2) is 75.9 Å². The minimum absolute atomic E-state index is 0.142. The summed E-state index contributed by atoms with van der Waals surface area (Å²) < 4.78 is 1.04. The van der Waals surface area contributed by atoms with E-state index in [9.17, 15) is 4.79 Å². The number of carbonyl (C=O) groups is 1. The number of aromatic nitrogens is 2. The fraction of sp³-hybridized carbons (Fsp3) is 0.0500. The maximum absolute atomic E-state index is 12.2. The van der Waals surface area contributed by atoms with Crippen LogP contribution >= 0.6 is 34.4 Å². The van der Waals surface area contributed by atoms with E-state index in [0.29, 0.717) is 10.7 Å². The number of hydrogen-bond donors (Lipinski definition) is 1. The topological polar surface area (TPSA) is 54.9 Å². The smallest absolute Gasteiger partial charge is 0.257 e. The second-order valence-corrected chi connectivity index (χ2v) is 8.62. The summed E-state index contributed by atoms with van der Waals surface area (Å²) in [6, 6.07) is 17.8. The van der Waals surface area contributed by atoms with E-state index < -0.39 is 0 Å². The van der Waals surface area contributed by atoms with Crippen LogP contribution in [0.1, 0.15) is 15.9 Å². The van der Waals surface area contributed by atoms with Crippen LogP contribution < -0.4 is 5.32 Å². The summed E-state index contributed by atoms with van der Waals surface area (Å²) in [5, 5.41) is 7.32. The minimum Gasteiger partial charge on any atom is -0.298 e. The summed E-state index contributed by atoms with van der Waals surface area (Å²) in [6.45, 7) is 0. The zero-order valence-corrected chi connectivity index (χ0v) is 16.6. The van der Waals surface area contributed by atoms with E-state index in [4.69, 9.17) is 4.98 Å². The van der Waals surface area contributed by atoms with Gasteiger partial charge in [-0.05, 0) is 17.7 Å². The number of thiazole rings is 2. The molecule has 4 rings (SSSR count). The summed E-state index contributed by atoms with van der Waals surface area (Å²) in [7, 11) is 0. The summed E-state index contributed by atoms with van der Waals surface area (Å²) in [6.07, 6.45) is 1.67. The van der Waals surface area contributed by atoms with Gasteiger partial charge in [-0.25, -0.2) is 9.97 Å². The molecule has 0 bridgehead atoms. The fourth-order valence-corrected chi connectivity index (χ4v) is 4.73. The van der Waals surface area contributed by atoms with E-state index in [1.54, 1.807) is 29.3 Å². The van der Waals surface area contributed by atoms with Gasteiger partial charge in [0, 0.05) is 33.8 Å². The molecule has 4 nitrogen and oxygen atoms in total. The van der Waals surface area contributed by atoms with Crippen LogP contribution in [0.25, 0.3) is 11.3 Å². The first kappa shape index (κ1) is 17.9. The van der Waals surface area contributed by atoms with Gasteiger partial charge in [-0.2, -0.15) is 0 Å². The molecule has 0 saturated heterocycles. The second-order valence-electron chi connectivity index (χ2n) is 5.64. The average molecular weight is 410 g/mol. The third kappa shape index (κ3) is 4.63. The van der Waals surface area contributed by atoms with Gasteiger partial charge in [-0.15, -0.1) is 22.7 Å². The van der Waals surface area contributed by atoms with Crippen molar-refractivity contribution in [3.8, 4) is 11.3 Å². The molecule has 2 heterocycles. The fourth-order valence-electron chi connectivity index (χ4n) is 2.42. The Morgan fingerprint density at radius 3 is 2.59 bits per heavy atom. The van der Waals surface area contributed by atoms with Crippen molar-refractivity contribution in [2.75, 3.05) is 5.32 Å². The number of nitrogens with one attached hydrogen (secondary N) is 1. The maximum Gasteiger partial charge on any atom is 0.257 e. The highest BCUT2D eigenvalue weighted by Gasteiger charge is 2.08. The molecule has 0 aliphatic heterocycles. The highest BCUT2D eigenvalue weighted by molar-refractivity contribution is 8.00. The van der Waals surface area contributed by atoms with Gasteiger partial charge in [0.05, 0.1) is 5.69 Å². The van der Waals surface area contributed by atoms with Crippen LogP contribution in [0.5, 0.6) is 0 Å². The van der Waals surface area contributed by atoms with Crippen LogP contribution in [0.4, 0.5) is 5.13 Å². The Labute approximate surface area is 169 Å². The Bertz CT molecular complexity index is 1010. The van der Waals surface area contributed by atoms with Gasteiger partial charge in [0.25, 0.3) is 5.91 Å². The third-order valence-electron chi connectivity index (χ3n) is 3.78. The van der Waals surface area contributed by atoms with E-state index in [1.807, 2.05) is 47.8 Å². The normalized spacial score (nSPS) is 10.7. The van der Waals surface area contributed by atoms with Crippen molar-refractivity contribution in [2.45, 2.75) is 10.1 Å². The Kier molecular flexibility index (Phi) is 5.62. The molecule has 134 valence electrons. The monoisotopic (exact) mass is 409 g/mol. The number of benzene rings is 2. The van der Waals surface area contributed by atoms with Crippen LogP contribution in [-0.2, 0) is 5.75 Å². The molecule has 0 spiro atoms. The number of hydrogen-bond acceptors (Lipinski definition) is 6. The summed E-state index contributed by atoms with van der Waals surface area (Å²) in [5.74, 6) is 0.674. The van der Waals surface area contributed by atoms with E-state index in [0.717, 1.165) is 26.9 Å². The lowest BCUT2D eigenvalue weighted by molar-refractivity contribution is 0.102. The highest BCUT2D eigenvalue weighted by Crippen LogP contribution is 2.30. The van der Waals surface area contributed by atoms with Crippen molar-refractivity contribution in [1.29, 1.82) is 0 Å². The van der Waals surface area contributed by atoms with Crippen LogP contribution in [0.3, 0.4) is 0 Å². The van der Waals surface area contributed by atoms with E-state index in [2.05, 4.69) is 27.8 Å². The minimum atomic E-state index is -0.142. The Morgan fingerprint density at radius 1 is 1.04 bits per heavy atom. The predicted molar refractivity (Wildman–Crippen MR) is 114 cm³/mol. The van der Waals surface area contributed by atoms with Crippen LogP contribution in [-0.4, -0.2) is 15.9 Å². The van der Waals surface area contributed by atoms with Gasteiger partial charge in [-0.1, -0.05) is 54.2 Å². The largest absolute Gasteiger partial charge is 0.298 e. The lowest BCUT2D eigenvalue weighted by Gasteiger charge is -2.03. The molecule has 2 aromatic carbocycles. The molecule has 0 fully saturated rings. The van der Waals surface area contributed by atoms with Crippen molar-refractivity contribution < 1.29 is 4.79 Å². The molecule has 0 saturated carbocycles. The molecule has 4 aromatic rings. The first-order valence-electron chi connectivity index (χ1n) is 8.21. The molecule has 27 heavy (non-hydrogen) atoms. The first-order valence-corrected chi connectivity index (χ1v) is 11.0. The molecule has 1 N–H and O–H groups in total. The van der Waals surface area contributed by atoms with Gasteiger partial charge in [0.15, 0.2) is 9.47 Å². The zero-order valence-electron chi connectivity index (χ0n) is 14.2. The zero-order chi connectivity index (χ0) is 18.5. The molecule has 0 aliphatic carbocycles. The maximum atomic E-state index is 12.2. The summed E-state index contributed by atoms with van der Waals surface area (Å²) in [4.78, 5) is 20.9. The quantitative estimate of drug-likeness (QED) is 0.408. The van der Waals surface area contributed by atoms with Crippen molar-refractivity contribution in [1.82, 2.24) is 9.97 Å². The molecule has 2 aromatic heterocycles. The second kappa shape index (κ2) is 8.47. The Hall–Kier alpha value is -2.48. The molecule has 1 amide bonds. The van der Waals surface area contributed by atoms with Crippen molar-refractivity contribution in [3.63, 3.8) is 0 Å². The Morgan fingerprint density at radius 2 is 1.85 bits per heavy atom. The number of carbonyl (C=O) groups excluding carboxylic acids is 1. The number of rotatable bonds is 6. The van der Waals surface area contributed by atoms with Gasteiger partial charge in [-0.3, -0.25) is 10.1 Å². The SMILES string of the molecule is O=C(Nc1nccs1)c1ccc(CSc2nc(-c3ccccc3)cs2)cc1. The Balaban J connectivity index is 1.35. The standard InChI is InChI=1S/C20H15N3OS3/c24-18(23-19-21-10-11-25-19)16-8-6-14(7-9-16)12-26-20-22-17(13-27-20)15-4-2-1-3-5-15/h1-11,13H,12H2,(H,21,23,24). The van der Waals surface area contributed by atoms with Crippen LogP contribution in [0.2, 0.25) is 0 Å². The van der Waals surface area contributed by atoms with Crippen molar-refractivity contribution in [3.05, 3.63) is 82.7 Å². The lowest BCUT2D eigenvalue weighted by atomic mass is 10.1. The van der Waals surface area contributed by atoms with Gasteiger partial charge in [0.1, 0.15) is 0 Å². The molecule has 0 aliphatic rings. The molecule has 0 unspecified atom stereocenters. The van der Waals surface area contributed by atoms with Gasteiger partial charge >= 0.3 is 0 Å². The number of amides is 1.